The van der Waals surface area contributed by atoms with Crippen LogP contribution in [0.3, 0.4) is 0 Å². The Morgan fingerprint density at radius 3 is 2.69 bits per heavy atom. The number of aromatic nitrogens is 2. The van der Waals surface area contributed by atoms with Gasteiger partial charge in [0.25, 0.3) is 5.89 Å². The number of rotatable bonds is 7. The molecule has 0 radical (unpaired) electrons. The molecule has 0 bridgehead atoms. The van der Waals surface area contributed by atoms with Gasteiger partial charge in [0.05, 0.1) is 31.4 Å². The molecule has 0 saturated carbocycles. The van der Waals surface area contributed by atoms with Crippen molar-refractivity contribution < 1.29 is 18.7 Å². The SMILES string of the molecule is CCOC(=O)c1ccccc1NCc1nnc(-c2ccccc2OC)o1. The van der Waals surface area contributed by atoms with Crippen LogP contribution in [-0.2, 0) is 11.3 Å². The fourth-order valence-electron chi connectivity index (χ4n) is 2.45. The van der Waals surface area contributed by atoms with Gasteiger partial charge in [-0.25, -0.2) is 4.79 Å². The van der Waals surface area contributed by atoms with E-state index in [0.29, 0.717) is 35.4 Å². The van der Waals surface area contributed by atoms with Crippen molar-refractivity contribution in [2.75, 3.05) is 19.0 Å². The van der Waals surface area contributed by atoms with Gasteiger partial charge in [-0.3, -0.25) is 0 Å². The molecular formula is C19H19N3O4. The first kappa shape index (κ1) is 17.5. The minimum Gasteiger partial charge on any atom is -0.496 e. The maximum atomic E-state index is 12.0. The van der Waals surface area contributed by atoms with E-state index in [4.69, 9.17) is 13.9 Å². The summed E-state index contributed by atoms with van der Waals surface area (Å²) in [6.45, 7) is 2.36. The Morgan fingerprint density at radius 2 is 1.88 bits per heavy atom. The molecule has 0 amide bonds. The number of anilines is 1. The lowest BCUT2D eigenvalue weighted by Gasteiger charge is -2.09. The highest BCUT2D eigenvalue weighted by Crippen LogP contribution is 2.28. The molecule has 0 atom stereocenters. The van der Waals surface area contributed by atoms with Crippen LogP contribution in [0.4, 0.5) is 5.69 Å². The van der Waals surface area contributed by atoms with Gasteiger partial charge in [0.2, 0.25) is 5.89 Å². The molecule has 0 saturated heterocycles. The van der Waals surface area contributed by atoms with Crippen LogP contribution in [0.5, 0.6) is 5.75 Å². The largest absolute Gasteiger partial charge is 0.496 e. The van der Waals surface area contributed by atoms with Crippen molar-refractivity contribution in [3.8, 4) is 17.2 Å². The smallest absolute Gasteiger partial charge is 0.340 e. The first-order valence-electron chi connectivity index (χ1n) is 8.18. The molecule has 7 nitrogen and oxygen atoms in total. The molecule has 26 heavy (non-hydrogen) atoms. The summed E-state index contributed by atoms with van der Waals surface area (Å²) >= 11 is 0. The molecule has 0 aliphatic heterocycles. The normalized spacial score (nSPS) is 10.4. The van der Waals surface area contributed by atoms with Crippen LogP contribution >= 0.6 is 0 Å². The van der Waals surface area contributed by atoms with Gasteiger partial charge in [0, 0.05) is 5.69 Å². The molecular weight excluding hydrogens is 334 g/mol. The molecule has 0 spiro atoms. The lowest BCUT2D eigenvalue weighted by atomic mass is 10.2. The monoisotopic (exact) mass is 353 g/mol. The van der Waals surface area contributed by atoms with Gasteiger partial charge in [-0.2, -0.15) is 0 Å². The van der Waals surface area contributed by atoms with Gasteiger partial charge < -0.3 is 19.2 Å². The molecule has 1 heterocycles. The predicted molar refractivity (Wildman–Crippen MR) is 96.0 cm³/mol. The molecule has 2 aromatic carbocycles. The van der Waals surface area contributed by atoms with E-state index in [1.165, 1.54) is 0 Å². The second-order valence-electron chi connectivity index (χ2n) is 5.32. The Labute approximate surface area is 151 Å². The maximum absolute atomic E-state index is 12.0. The van der Waals surface area contributed by atoms with Crippen LogP contribution in [0.1, 0.15) is 23.2 Å². The third-order valence-corrected chi connectivity index (χ3v) is 3.66. The van der Waals surface area contributed by atoms with Crippen molar-refractivity contribution in [3.05, 3.63) is 60.0 Å². The lowest BCUT2D eigenvalue weighted by molar-refractivity contribution is 0.0527. The zero-order valence-corrected chi connectivity index (χ0v) is 14.6. The van der Waals surface area contributed by atoms with Gasteiger partial charge in [0.1, 0.15) is 5.75 Å². The van der Waals surface area contributed by atoms with Crippen molar-refractivity contribution in [1.29, 1.82) is 0 Å². The predicted octanol–water partition coefficient (Wildman–Crippen LogP) is 3.53. The fraction of sp³-hybridized carbons (Fsp3) is 0.211. The van der Waals surface area contributed by atoms with Crippen molar-refractivity contribution in [3.63, 3.8) is 0 Å². The number of ether oxygens (including phenoxy) is 2. The van der Waals surface area contributed by atoms with Gasteiger partial charge in [-0.05, 0) is 31.2 Å². The number of nitrogens with one attached hydrogen (secondary N) is 1. The average molecular weight is 353 g/mol. The number of hydrogen-bond donors (Lipinski definition) is 1. The average Bonchev–Trinajstić information content (AvgIpc) is 3.15. The first-order valence-corrected chi connectivity index (χ1v) is 8.18. The number of carbonyl (C=O) groups excluding carboxylic acids is 1. The fourth-order valence-corrected chi connectivity index (χ4v) is 2.45. The molecule has 0 aliphatic carbocycles. The molecule has 7 heteroatoms. The van der Waals surface area contributed by atoms with E-state index in [1.54, 1.807) is 32.2 Å². The molecule has 0 fully saturated rings. The molecule has 134 valence electrons. The standard InChI is InChI=1S/C19H19N3O4/c1-3-25-19(23)13-8-4-6-10-15(13)20-12-17-21-22-18(26-17)14-9-5-7-11-16(14)24-2/h4-11,20H,3,12H2,1-2H3. The van der Waals surface area contributed by atoms with Crippen LogP contribution < -0.4 is 10.1 Å². The van der Waals surface area contributed by atoms with E-state index in [9.17, 15) is 4.79 Å². The second-order valence-corrected chi connectivity index (χ2v) is 5.32. The number of nitrogens with zero attached hydrogens (tertiary/aromatic N) is 2. The van der Waals surface area contributed by atoms with Crippen molar-refractivity contribution in [2.45, 2.75) is 13.5 Å². The van der Waals surface area contributed by atoms with E-state index in [-0.39, 0.29) is 12.5 Å². The van der Waals surface area contributed by atoms with Crippen LogP contribution in [0.25, 0.3) is 11.5 Å². The molecule has 0 aliphatic rings. The molecule has 0 unspecified atom stereocenters. The van der Waals surface area contributed by atoms with E-state index in [2.05, 4.69) is 15.5 Å². The van der Waals surface area contributed by atoms with Gasteiger partial charge >= 0.3 is 5.97 Å². The zero-order valence-electron chi connectivity index (χ0n) is 14.6. The number of hydrogen-bond acceptors (Lipinski definition) is 7. The third-order valence-electron chi connectivity index (χ3n) is 3.66. The van der Waals surface area contributed by atoms with Crippen molar-refractivity contribution >= 4 is 11.7 Å². The molecule has 1 N–H and O–H groups in total. The highest BCUT2D eigenvalue weighted by molar-refractivity contribution is 5.95. The highest BCUT2D eigenvalue weighted by atomic mass is 16.5. The topological polar surface area (TPSA) is 86.5 Å². The summed E-state index contributed by atoms with van der Waals surface area (Å²) in [5, 5.41) is 11.2. The Balaban J connectivity index is 1.74. The summed E-state index contributed by atoms with van der Waals surface area (Å²) < 4.78 is 16.1. The highest BCUT2D eigenvalue weighted by Gasteiger charge is 2.15. The van der Waals surface area contributed by atoms with Crippen LogP contribution in [0, 0.1) is 0 Å². The first-order chi connectivity index (χ1) is 12.7. The van der Waals surface area contributed by atoms with E-state index < -0.39 is 0 Å². The maximum Gasteiger partial charge on any atom is 0.340 e. The molecule has 1 aromatic heterocycles. The quantitative estimate of drug-likeness (QED) is 0.650. The van der Waals surface area contributed by atoms with Crippen LogP contribution in [-0.4, -0.2) is 29.9 Å². The Bertz CT molecular complexity index is 892. The Morgan fingerprint density at radius 1 is 1.12 bits per heavy atom. The van der Waals surface area contributed by atoms with E-state index >= 15 is 0 Å². The minimum atomic E-state index is -0.379. The summed E-state index contributed by atoms with van der Waals surface area (Å²) in [7, 11) is 1.59. The van der Waals surface area contributed by atoms with Crippen LogP contribution in [0.2, 0.25) is 0 Å². The summed E-state index contributed by atoms with van der Waals surface area (Å²) in [5.41, 5.74) is 1.82. The Hall–Kier alpha value is -3.35. The Kier molecular flexibility index (Phi) is 5.48. The number of benzene rings is 2. The van der Waals surface area contributed by atoms with E-state index in [0.717, 1.165) is 5.56 Å². The number of para-hydroxylation sites is 2. The van der Waals surface area contributed by atoms with Gasteiger partial charge in [-0.1, -0.05) is 24.3 Å². The molecule has 3 rings (SSSR count). The summed E-state index contributed by atoms with van der Waals surface area (Å²) in [6.07, 6.45) is 0. The molecule has 3 aromatic rings. The summed E-state index contributed by atoms with van der Waals surface area (Å²) in [6, 6.07) is 14.5. The van der Waals surface area contributed by atoms with Gasteiger partial charge in [0.15, 0.2) is 0 Å². The third kappa shape index (κ3) is 3.83. The van der Waals surface area contributed by atoms with Gasteiger partial charge in [-0.15, -0.1) is 10.2 Å². The minimum absolute atomic E-state index is 0.276. The van der Waals surface area contributed by atoms with Crippen molar-refractivity contribution in [2.24, 2.45) is 0 Å². The number of carbonyl (C=O) groups is 1. The zero-order chi connectivity index (χ0) is 18.4. The number of methoxy groups -OCH3 is 1. The lowest BCUT2D eigenvalue weighted by Crippen LogP contribution is -2.09. The second kappa shape index (κ2) is 8.15. The van der Waals surface area contributed by atoms with Crippen molar-refractivity contribution in [1.82, 2.24) is 10.2 Å². The summed E-state index contributed by atoms with van der Waals surface area (Å²) in [5.74, 6) is 1.04. The summed E-state index contributed by atoms with van der Waals surface area (Å²) in [4.78, 5) is 12.0. The van der Waals surface area contributed by atoms with E-state index in [1.807, 2.05) is 30.3 Å². The number of esters is 1. The van der Waals surface area contributed by atoms with Crippen LogP contribution in [0.15, 0.2) is 52.9 Å².